The van der Waals surface area contributed by atoms with Crippen molar-refractivity contribution in [3.05, 3.63) is 60.2 Å². The Morgan fingerprint density at radius 1 is 1.41 bits per heavy atom. The van der Waals surface area contributed by atoms with Crippen LogP contribution in [0.5, 0.6) is 0 Å². The molecule has 1 aromatic carbocycles. The second-order valence-electron chi connectivity index (χ2n) is 3.88. The van der Waals surface area contributed by atoms with Gasteiger partial charge in [0.25, 0.3) is 0 Å². The predicted octanol–water partition coefficient (Wildman–Crippen LogP) is 3.66. The lowest BCUT2D eigenvalue weighted by atomic mass is 10.1. The van der Waals surface area contributed by atoms with Crippen molar-refractivity contribution in [2.24, 2.45) is 10.3 Å². The zero-order valence-electron chi connectivity index (χ0n) is 10.4. The Balaban J connectivity index is 2.36. The van der Waals surface area contributed by atoms with Crippen LogP contribution in [0.15, 0.2) is 65.0 Å². The Morgan fingerprint density at radius 2 is 2.12 bits per heavy atom. The van der Waals surface area contributed by atoms with E-state index < -0.39 is 0 Å². The highest BCUT2D eigenvalue weighted by Crippen LogP contribution is 2.02. The normalized spacial score (nSPS) is 13.6. The molecule has 0 amide bonds. The maximum atomic E-state index is 4.08. The van der Waals surface area contributed by atoms with E-state index in [1.807, 2.05) is 50.3 Å². The van der Waals surface area contributed by atoms with E-state index in [0.29, 0.717) is 6.54 Å². The Bertz CT molecular complexity index is 393. The average molecular weight is 229 g/mol. The molecule has 1 atom stereocenters. The van der Waals surface area contributed by atoms with E-state index >= 15 is 0 Å². The molecule has 0 aliphatic rings. The summed E-state index contributed by atoms with van der Waals surface area (Å²) in [6, 6.07) is 10.2. The summed E-state index contributed by atoms with van der Waals surface area (Å²) in [5.74, 6) is 0. The van der Waals surface area contributed by atoms with Crippen molar-refractivity contribution in [2.75, 3.05) is 0 Å². The number of rotatable bonds is 6. The summed E-state index contributed by atoms with van der Waals surface area (Å²) in [4.78, 5) is 0. The molecule has 0 spiro atoms. The average Bonchev–Trinajstić information content (AvgIpc) is 2.36. The smallest absolute Gasteiger partial charge is 0.0870 e. The lowest BCUT2D eigenvalue weighted by Gasteiger charge is -2.09. The Labute approximate surface area is 103 Å². The fraction of sp³-hybridized carbons (Fsp3) is 0.286. The van der Waals surface area contributed by atoms with Gasteiger partial charge in [-0.1, -0.05) is 54.3 Å². The zero-order valence-corrected chi connectivity index (χ0v) is 10.4. The largest absolute Gasteiger partial charge is 0.285 e. The van der Waals surface area contributed by atoms with Gasteiger partial charge in [-0.25, -0.2) is 0 Å². The van der Waals surface area contributed by atoms with Crippen molar-refractivity contribution < 1.29 is 0 Å². The summed E-state index contributed by atoms with van der Waals surface area (Å²) in [7, 11) is 0. The molecule has 0 saturated heterocycles. The lowest BCUT2D eigenvalue weighted by Crippen LogP contribution is -2.21. The van der Waals surface area contributed by atoms with Gasteiger partial charge in [-0.2, -0.15) is 5.11 Å². The molecular weight excluding hydrogens is 210 g/mol. The van der Waals surface area contributed by atoms with Gasteiger partial charge in [0.05, 0.1) is 12.6 Å². The molecule has 0 aliphatic heterocycles. The fourth-order valence-corrected chi connectivity index (χ4v) is 1.26. The monoisotopic (exact) mass is 229 g/mol. The van der Waals surface area contributed by atoms with Crippen LogP contribution in [0.4, 0.5) is 0 Å². The topological polar surface area (TPSA) is 36.8 Å². The van der Waals surface area contributed by atoms with Crippen molar-refractivity contribution >= 4 is 0 Å². The van der Waals surface area contributed by atoms with Crippen molar-refractivity contribution in [2.45, 2.75) is 26.4 Å². The highest BCUT2D eigenvalue weighted by molar-refractivity contribution is 5.14. The third-order valence-electron chi connectivity index (χ3n) is 2.48. The molecule has 0 saturated carbocycles. The number of hydrogen-bond donors (Lipinski definition) is 1. The fourth-order valence-electron chi connectivity index (χ4n) is 1.26. The van der Waals surface area contributed by atoms with E-state index in [9.17, 15) is 0 Å². The first-order chi connectivity index (χ1) is 8.24. The maximum absolute atomic E-state index is 4.08. The number of nitrogens with one attached hydrogen (secondary N) is 1. The molecule has 1 N–H and O–H groups in total. The SMILES string of the molecule is C=C/C=C(/C)[C@@H](C)NN=NCc1ccccc1. The minimum Gasteiger partial charge on any atom is -0.285 e. The predicted molar refractivity (Wildman–Crippen MR) is 71.6 cm³/mol. The van der Waals surface area contributed by atoms with Crippen LogP contribution in [0.2, 0.25) is 0 Å². The molecule has 0 aromatic heterocycles. The molecule has 1 aromatic rings. The molecule has 3 nitrogen and oxygen atoms in total. The van der Waals surface area contributed by atoms with Crippen molar-refractivity contribution in [3.8, 4) is 0 Å². The third-order valence-corrected chi connectivity index (χ3v) is 2.48. The van der Waals surface area contributed by atoms with Gasteiger partial charge in [-0.15, -0.1) is 0 Å². The number of allylic oxidation sites excluding steroid dienone is 2. The summed E-state index contributed by atoms with van der Waals surface area (Å²) in [5, 5.41) is 8.05. The van der Waals surface area contributed by atoms with Crippen LogP contribution in [-0.4, -0.2) is 6.04 Å². The van der Waals surface area contributed by atoms with Gasteiger partial charge in [-0.3, -0.25) is 5.43 Å². The number of benzene rings is 1. The molecule has 17 heavy (non-hydrogen) atoms. The first-order valence-electron chi connectivity index (χ1n) is 5.69. The first kappa shape index (κ1) is 13.2. The van der Waals surface area contributed by atoms with Gasteiger partial charge in [0.2, 0.25) is 0 Å². The van der Waals surface area contributed by atoms with Crippen LogP contribution in [0.1, 0.15) is 19.4 Å². The van der Waals surface area contributed by atoms with Crippen LogP contribution >= 0.6 is 0 Å². The molecule has 0 bridgehead atoms. The Hall–Kier alpha value is -1.90. The molecule has 0 heterocycles. The summed E-state index contributed by atoms with van der Waals surface area (Å²) in [6.07, 6.45) is 3.74. The van der Waals surface area contributed by atoms with Crippen molar-refractivity contribution in [1.29, 1.82) is 0 Å². The third kappa shape index (κ3) is 5.11. The second kappa shape index (κ2) is 7.39. The standard InChI is InChI=1S/C14H19N3/c1-4-8-12(2)13(3)16-17-15-11-14-9-6-5-7-10-14/h4-10,13H,1,11H2,2-3H3,(H,15,16)/b12-8-/t13-/m1/s1. The van der Waals surface area contributed by atoms with Gasteiger partial charge in [0.1, 0.15) is 0 Å². The van der Waals surface area contributed by atoms with E-state index in [1.54, 1.807) is 6.08 Å². The van der Waals surface area contributed by atoms with E-state index in [1.165, 1.54) is 5.57 Å². The Kier molecular flexibility index (Phi) is 5.72. The van der Waals surface area contributed by atoms with Gasteiger partial charge in [0.15, 0.2) is 0 Å². The van der Waals surface area contributed by atoms with Crippen LogP contribution in [0.25, 0.3) is 0 Å². The lowest BCUT2D eigenvalue weighted by molar-refractivity contribution is 0.596. The number of nitrogens with zero attached hydrogens (tertiary/aromatic N) is 2. The molecule has 0 unspecified atom stereocenters. The molecule has 1 rings (SSSR count). The van der Waals surface area contributed by atoms with E-state index in [2.05, 4.69) is 22.3 Å². The summed E-state index contributed by atoms with van der Waals surface area (Å²) in [5.41, 5.74) is 5.32. The van der Waals surface area contributed by atoms with Gasteiger partial charge in [0, 0.05) is 0 Å². The minimum absolute atomic E-state index is 0.174. The quantitative estimate of drug-likeness (QED) is 0.451. The van der Waals surface area contributed by atoms with Crippen molar-refractivity contribution in [1.82, 2.24) is 5.43 Å². The molecule has 0 radical (unpaired) electrons. The molecule has 0 fully saturated rings. The van der Waals surface area contributed by atoms with Crippen LogP contribution < -0.4 is 5.43 Å². The Morgan fingerprint density at radius 3 is 2.76 bits per heavy atom. The molecule has 3 heteroatoms. The summed E-state index contributed by atoms with van der Waals surface area (Å²) >= 11 is 0. The molecule has 90 valence electrons. The summed E-state index contributed by atoms with van der Waals surface area (Å²) in [6.45, 7) is 8.34. The van der Waals surface area contributed by atoms with E-state index in [-0.39, 0.29) is 6.04 Å². The van der Waals surface area contributed by atoms with E-state index in [4.69, 9.17) is 0 Å². The van der Waals surface area contributed by atoms with Crippen LogP contribution in [0.3, 0.4) is 0 Å². The van der Waals surface area contributed by atoms with Gasteiger partial charge >= 0.3 is 0 Å². The number of hydrogen-bond acceptors (Lipinski definition) is 2. The van der Waals surface area contributed by atoms with Crippen LogP contribution in [-0.2, 0) is 6.54 Å². The maximum Gasteiger partial charge on any atom is 0.0870 e. The minimum atomic E-state index is 0.174. The molecule has 0 aliphatic carbocycles. The van der Waals surface area contributed by atoms with Crippen molar-refractivity contribution in [3.63, 3.8) is 0 Å². The zero-order chi connectivity index (χ0) is 12.5. The first-order valence-corrected chi connectivity index (χ1v) is 5.69. The van der Waals surface area contributed by atoms with Gasteiger partial charge in [-0.05, 0) is 25.0 Å². The van der Waals surface area contributed by atoms with Gasteiger partial charge < -0.3 is 0 Å². The highest BCUT2D eigenvalue weighted by atomic mass is 15.4. The molecular formula is C14H19N3. The van der Waals surface area contributed by atoms with E-state index in [0.717, 1.165) is 5.56 Å². The summed E-state index contributed by atoms with van der Waals surface area (Å²) < 4.78 is 0. The highest BCUT2D eigenvalue weighted by Gasteiger charge is 1.99. The second-order valence-corrected chi connectivity index (χ2v) is 3.88. The van der Waals surface area contributed by atoms with Crippen LogP contribution in [0, 0.1) is 0 Å².